The normalized spacial score (nSPS) is 25.7. The summed E-state index contributed by atoms with van der Waals surface area (Å²) in [6.45, 7) is 4.85. The highest BCUT2D eigenvalue weighted by Crippen LogP contribution is 2.26. The van der Waals surface area contributed by atoms with Crippen molar-refractivity contribution >= 4 is 5.97 Å². The van der Waals surface area contributed by atoms with Gasteiger partial charge in [-0.2, -0.15) is 0 Å². The molecule has 18 heavy (non-hydrogen) atoms. The van der Waals surface area contributed by atoms with Crippen LogP contribution in [-0.4, -0.2) is 23.8 Å². The molecule has 3 atom stereocenters. The second kappa shape index (κ2) is 8.52. The van der Waals surface area contributed by atoms with Crippen LogP contribution in [0.3, 0.4) is 0 Å². The number of hydrogen-bond acceptors (Lipinski definition) is 3. The molecule has 3 heteroatoms. The summed E-state index contributed by atoms with van der Waals surface area (Å²) in [4.78, 5) is 11.9. The fourth-order valence-corrected chi connectivity index (χ4v) is 2.59. The number of aliphatic hydroxyl groups excluding tert-OH is 1. The molecule has 1 unspecified atom stereocenters. The maximum Gasteiger partial charge on any atom is 0.311 e. The third-order valence-corrected chi connectivity index (χ3v) is 4.04. The molecule has 0 aromatic heterocycles. The van der Waals surface area contributed by atoms with Crippen LogP contribution in [0.4, 0.5) is 0 Å². The number of aliphatic hydroxyl groups is 1. The van der Waals surface area contributed by atoms with Crippen molar-refractivity contribution in [2.75, 3.05) is 6.61 Å². The van der Waals surface area contributed by atoms with Gasteiger partial charge in [-0.15, -0.1) is 0 Å². The van der Waals surface area contributed by atoms with Crippen molar-refractivity contribution < 1.29 is 14.6 Å². The number of esters is 1. The Bertz CT molecular complexity index is 240. The highest BCUT2D eigenvalue weighted by Gasteiger charge is 2.30. The van der Waals surface area contributed by atoms with Crippen molar-refractivity contribution in [3.63, 3.8) is 0 Å². The van der Waals surface area contributed by atoms with E-state index in [0.717, 1.165) is 38.5 Å². The zero-order valence-electron chi connectivity index (χ0n) is 11.9. The van der Waals surface area contributed by atoms with Crippen LogP contribution in [0, 0.1) is 11.8 Å². The van der Waals surface area contributed by atoms with E-state index >= 15 is 0 Å². The van der Waals surface area contributed by atoms with Crippen LogP contribution in [-0.2, 0) is 9.53 Å². The Morgan fingerprint density at radius 1 is 1.33 bits per heavy atom. The zero-order chi connectivity index (χ0) is 13.4. The van der Waals surface area contributed by atoms with E-state index < -0.39 is 6.10 Å². The van der Waals surface area contributed by atoms with E-state index in [-0.39, 0.29) is 11.9 Å². The van der Waals surface area contributed by atoms with Gasteiger partial charge in [-0.05, 0) is 25.2 Å². The number of rotatable bonds is 7. The van der Waals surface area contributed by atoms with Gasteiger partial charge in [-0.1, -0.05) is 46.0 Å². The maximum atomic E-state index is 11.9. The Morgan fingerprint density at radius 3 is 2.67 bits per heavy atom. The number of unbranched alkanes of at least 4 members (excludes halogenated alkanes) is 1. The lowest BCUT2D eigenvalue weighted by molar-refractivity contribution is -0.155. The molecular formula is C15H28O3. The highest BCUT2D eigenvalue weighted by atomic mass is 16.5. The first-order valence-corrected chi connectivity index (χ1v) is 7.53. The van der Waals surface area contributed by atoms with Gasteiger partial charge in [0.15, 0.2) is 0 Å². The first-order chi connectivity index (χ1) is 8.69. The van der Waals surface area contributed by atoms with Crippen LogP contribution in [0.15, 0.2) is 0 Å². The van der Waals surface area contributed by atoms with E-state index in [9.17, 15) is 9.90 Å². The summed E-state index contributed by atoms with van der Waals surface area (Å²) < 4.78 is 5.40. The first kappa shape index (κ1) is 15.5. The van der Waals surface area contributed by atoms with Gasteiger partial charge >= 0.3 is 5.97 Å². The monoisotopic (exact) mass is 256 g/mol. The lowest BCUT2D eigenvalue weighted by Crippen LogP contribution is -2.33. The van der Waals surface area contributed by atoms with Gasteiger partial charge in [0.1, 0.15) is 0 Å². The summed E-state index contributed by atoms with van der Waals surface area (Å²) in [5, 5.41) is 9.80. The van der Waals surface area contributed by atoms with Gasteiger partial charge < -0.3 is 9.84 Å². The average molecular weight is 256 g/mol. The smallest absolute Gasteiger partial charge is 0.311 e. The van der Waals surface area contributed by atoms with E-state index in [1.165, 1.54) is 12.8 Å². The molecule has 0 amide bonds. The molecule has 0 spiro atoms. The quantitative estimate of drug-likeness (QED) is 0.711. The summed E-state index contributed by atoms with van der Waals surface area (Å²) >= 11 is 0. The lowest BCUT2D eigenvalue weighted by Gasteiger charge is -2.26. The Kier molecular flexibility index (Phi) is 7.33. The molecule has 1 N–H and O–H groups in total. The maximum absolute atomic E-state index is 11.9. The van der Waals surface area contributed by atoms with Crippen LogP contribution in [0.2, 0.25) is 0 Å². The molecule has 1 aliphatic rings. The van der Waals surface area contributed by atoms with E-state index in [1.807, 2.05) is 0 Å². The van der Waals surface area contributed by atoms with E-state index in [2.05, 4.69) is 13.8 Å². The number of carbonyl (C=O) groups excluding carboxylic acids is 1. The van der Waals surface area contributed by atoms with Crippen LogP contribution < -0.4 is 0 Å². The molecule has 0 aliphatic heterocycles. The number of ether oxygens (including phenoxy) is 1. The molecule has 1 rings (SSSR count). The van der Waals surface area contributed by atoms with Gasteiger partial charge in [0.2, 0.25) is 0 Å². The minimum Gasteiger partial charge on any atom is -0.465 e. The third-order valence-electron chi connectivity index (χ3n) is 4.04. The van der Waals surface area contributed by atoms with Crippen molar-refractivity contribution in [2.45, 2.75) is 71.3 Å². The fraction of sp³-hybridized carbons (Fsp3) is 0.933. The van der Waals surface area contributed by atoms with Gasteiger partial charge in [0.25, 0.3) is 0 Å². The summed E-state index contributed by atoms with van der Waals surface area (Å²) in [7, 11) is 0. The van der Waals surface area contributed by atoms with Crippen molar-refractivity contribution in [2.24, 2.45) is 11.8 Å². The van der Waals surface area contributed by atoms with Crippen LogP contribution in [0.5, 0.6) is 0 Å². The standard InChI is InChI=1S/C15H28O3/c1-3-5-8-12(4-2)11-18-15(17)13-9-6-7-10-14(13)16/h12-14,16H,3-11H2,1-2H3/t12?,13-,14+/m1/s1. The topological polar surface area (TPSA) is 46.5 Å². The summed E-state index contributed by atoms with van der Waals surface area (Å²) in [5.41, 5.74) is 0. The Morgan fingerprint density at radius 2 is 2.06 bits per heavy atom. The molecule has 106 valence electrons. The molecule has 0 radical (unpaired) electrons. The van der Waals surface area contributed by atoms with Crippen LogP contribution >= 0.6 is 0 Å². The summed E-state index contributed by atoms with van der Waals surface area (Å²) in [6, 6.07) is 0. The zero-order valence-corrected chi connectivity index (χ0v) is 11.9. The summed E-state index contributed by atoms with van der Waals surface area (Å²) in [5.74, 6) is 0.0224. The number of carbonyl (C=O) groups is 1. The third kappa shape index (κ3) is 4.97. The van der Waals surface area contributed by atoms with Gasteiger partial charge in [0.05, 0.1) is 18.6 Å². The van der Waals surface area contributed by atoms with Gasteiger partial charge in [-0.3, -0.25) is 4.79 Å². The Labute approximate surface area is 111 Å². The Hall–Kier alpha value is -0.570. The minimum atomic E-state index is -0.484. The molecule has 1 fully saturated rings. The van der Waals surface area contributed by atoms with Crippen LogP contribution in [0.1, 0.15) is 65.2 Å². The molecule has 1 saturated carbocycles. The van der Waals surface area contributed by atoms with Crippen molar-refractivity contribution in [3.05, 3.63) is 0 Å². The molecule has 0 aromatic carbocycles. The predicted molar refractivity (Wildman–Crippen MR) is 72.2 cm³/mol. The highest BCUT2D eigenvalue weighted by molar-refractivity contribution is 5.73. The van der Waals surface area contributed by atoms with Crippen molar-refractivity contribution in [3.8, 4) is 0 Å². The molecule has 1 aliphatic carbocycles. The molecule has 0 saturated heterocycles. The Balaban J connectivity index is 2.29. The molecule has 3 nitrogen and oxygen atoms in total. The van der Waals surface area contributed by atoms with E-state index in [4.69, 9.17) is 4.74 Å². The summed E-state index contributed by atoms with van der Waals surface area (Å²) in [6.07, 6.45) is 7.67. The van der Waals surface area contributed by atoms with E-state index in [0.29, 0.717) is 12.5 Å². The van der Waals surface area contributed by atoms with Crippen LogP contribution in [0.25, 0.3) is 0 Å². The largest absolute Gasteiger partial charge is 0.465 e. The molecule has 0 aromatic rings. The second-order valence-electron chi connectivity index (χ2n) is 5.50. The SMILES string of the molecule is CCCCC(CC)COC(=O)[C@@H]1CCCC[C@@H]1O. The second-order valence-corrected chi connectivity index (χ2v) is 5.50. The molecule has 0 bridgehead atoms. The van der Waals surface area contributed by atoms with Gasteiger partial charge in [-0.25, -0.2) is 0 Å². The molecular weight excluding hydrogens is 228 g/mol. The lowest BCUT2D eigenvalue weighted by atomic mass is 9.86. The van der Waals surface area contributed by atoms with Crippen molar-refractivity contribution in [1.82, 2.24) is 0 Å². The predicted octanol–water partition coefficient (Wildman–Crippen LogP) is 3.30. The van der Waals surface area contributed by atoms with Crippen molar-refractivity contribution in [1.29, 1.82) is 0 Å². The first-order valence-electron chi connectivity index (χ1n) is 7.53. The minimum absolute atomic E-state index is 0.183. The fourth-order valence-electron chi connectivity index (χ4n) is 2.59. The van der Waals surface area contributed by atoms with E-state index in [1.54, 1.807) is 0 Å². The number of hydrogen-bond donors (Lipinski definition) is 1. The molecule has 0 heterocycles. The average Bonchev–Trinajstić information content (AvgIpc) is 2.39. The van der Waals surface area contributed by atoms with Gasteiger partial charge in [0, 0.05) is 0 Å².